The Balaban J connectivity index is 3.16. The number of carbonyl (C=O) groups excluding carboxylic acids is 2. The van der Waals surface area contributed by atoms with E-state index in [-0.39, 0.29) is 17.4 Å². The highest BCUT2D eigenvalue weighted by Gasteiger charge is 2.16. The topological polar surface area (TPSA) is 72.8 Å². The maximum atomic E-state index is 13.2. The molecule has 0 fully saturated rings. The van der Waals surface area contributed by atoms with Gasteiger partial charge in [0.2, 0.25) is 0 Å². The molecular formula is C14H15FO5. The van der Waals surface area contributed by atoms with Crippen molar-refractivity contribution in [3.05, 3.63) is 35.7 Å². The van der Waals surface area contributed by atoms with Crippen molar-refractivity contribution in [3.8, 4) is 5.75 Å². The molecule has 0 saturated heterocycles. The van der Waals surface area contributed by atoms with E-state index in [9.17, 15) is 19.1 Å². The molecule has 0 amide bonds. The number of rotatable bonds is 5. The summed E-state index contributed by atoms with van der Waals surface area (Å²) in [6, 6.07) is 3.50. The number of hydrogen-bond donors (Lipinski definition) is 1. The van der Waals surface area contributed by atoms with E-state index < -0.39 is 23.3 Å². The molecule has 0 heterocycles. The Morgan fingerprint density at radius 3 is 2.55 bits per heavy atom. The van der Waals surface area contributed by atoms with E-state index in [1.807, 2.05) is 0 Å². The van der Waals surface area contributed by atoms with Crippen molar-refractivity contribution in [1.82, 2.24) is 0 Å². The molecule has 0 aliphatic carbocycles. The van der Waals surface area contributed by atoms with Crippen LogP contribution in [0.4, 0.5) is 4.39 Å². The van der Waals surface area contributed by atoms with E-state index >= 15 is 0 Å². The number of carbonyl (C=O) groups is 2. The lowest BCUT2D eigenvalue weighted by Crippen LogP contribution is -2.13. The number of ketones is 1. The number of hydrogen-bond acceptors (Lipinski definition) is 5. The van der Waals surface area contributed by atoms with Gasteiger partial charge in [0.05, 0.1) is 18.8 Å². The summed E-state index contributed by atoms with van der Waals surface area (Å²) in [6.45, 7) is 3.51. The number of esters is 1. The first kappa shape index (κ1) is 15.7. The second kappa shape index (κ2) is 6.70. The van der Waals surface area contributed by atoms with E-state index in [1.54, 1.807) is 13.8 Å². The second-order valence-corrected chi connectivity index (χ2v) is 4.19. The molecule has 0 atom stereocenters. The summed E-state index contributed by atoms with van der Waals surface area (Å²) in [5.41, 5.74) is -0.0176. The van der Waals surface area contributed by atoms with Crippen LogP contribution in [0.25, 0.3) is 5.76 Å². The van der Waals surface area contributed by atoms with E-state index in [4.69, 9.17) is 4.74 Å². The van der Waals surface area contributed by atoms with Crippen LogP contribution in [-0.2, 0) is 14.3 Å². The quantitative estimate of drug-likeness (QED) is 0.388. The Morgan fingerprint density at radius 2 is 2.00 bits per heavy atom. The maximum absolute atomic E-state index is 13.2. The van der Waals surface area contributed by atoms with Crippen molar-refractivity contribution in [2.75, 3.05) is 7.11 Å². The van der Waals surface area contributed by atoms with Crippen LogP contribution in [0.5, 0.6) is 5.75 Å². The molecule has 1 aromatic rings. The molecule has 1 rings (SSSR count). The lowest BCUT2D eigenvalue weighted by molar-refractivity contribution is -0.149. The molecule has 1 N–H and O–H groups in total. The van der Waals surface area contributed by atoms with E-state index in [1.165, 1.54) is 6.07 Å². The summed E-state index contributed by atoms with van der Waals surface area (Å²) in [7, 11) is 1.04. The summed E-state index contributed by atoms with van der Waals surface area (Å²) in [5.74, 6) is -3.16. The van der Waals surface area contributed by atoms with Gasteiger partial charge in [-0.1, -0.05) is 0 Å². The standard InChI is InChI=1S/C14H15FO5/c1-8(2)20-13-5-4-9(15)6-10(13)11(16)7-12(17)14(18)19-3/h4-8,16H,1-3H3/b11-7-. The summed E-state index contributed by atoms with van der Waals surface area (Å²) in [6.07, 6.45) is 0.455. The van der Waals surface area contributed by atoms with Gasteiger partial charge in [0.1, 0.15) is 17.3 Å². The molecule has 0 aliphatic heterocycles. The summed E-state index contributed by atoms with van der Waals surface area (Å²) < 4.78 is 22.8. The van der Waals surface area contributed by atoms with Crippen molar-refractivity contribution >= 4 is 17.5 Å². The van der Waals surface area contributed by atoms with Crippen molar-refractivity contribution < 1.29 is 28.6 Å². The fraction of sp³-hybridized carbons (Fsp3) is 0.286. The van der Waals surface area contributed by atoms with E-state index in [0.717, 1.165) is 19.2 Å². The Labute approximate surface area is 115 Å². The smallest absolute Gasteiger partial charge is 0.378 e. The Kier molecular flexibility index (Phi) is 5.25. The first-order valence-corrected chi connectivity index (χ1v) is 5.84. The number of halogens is 1. The minimum absolute atomic E-state index is 0.0176. The van der Waals surface area contributed by atoms with Gasteiger partial charge in [0.15, 0.2) is 0 Å². The first-order valence-electron chi connectivity index (χ1n) is 5.84. The fourth-order valence-corrected chi connectivity index (χ4v) is 1.42. The maximum Gasteiger partial charge on any atom is 0.378 e. The fourth-order valence-electron chi connectivity index (χ4n) is 1.42. The van der Waals surface area contributed by atoms with Gasteiger partial charge in [-0.3, -0.25) is 4.79 Å². The van der Waals surface area contributed by atoms with Crippen LogP contribution in [0.15, 0.2) is 24.3 Å². The summed E-state index contributed by atoms with van der Waals surface area (Å²) >= 11 is 0. The Morgan fingerprint density at radius 1 is 1.35 bits per heavy atom. The molecule has 0 saturated carbocycles. The van der Waals surface area contributed by atoms with Gasteiger partial charge in [0, 0.05) is 6.08 Å². The molecule has 6 heteroatoms. The zero-order valence-corrected chi connectivity index (χ0v) is 11.3. The van der Waals surface area contributed by atoms with E-state index in [2.05, 4.69) is 4.74 Å². The van der Waals surface area contributed by atoms with Crippen LogP contribution in [0.1, 0.15) is 19.4 Å². The second-order valence-electron chi connectivity index (χ2n) is 4.19. The van der Waals surface area contributed by atoms with Gasteiger partial charge in [-0.05, 0) is 32.0 Å². The molecule has 5 nitrogen and oxygen atoms in total. The Hall–Kier alpha value is -2.37. The third-order valence-corrected chi connectivity index (χ3v) is 2.23. The monoisotopic (exact) mass is 282 g/mol. The van der Waals surface area contributed by atoms with Gasteiger partial charge in [-0.2, -0.15) is 0 Å². The van der Waals surface area contributed by atoms with E-state index in [0.29, 0.717) is 6.08 Å². The number of methoxy groups -OCH3 is 1. The summed E-state index contributed by atoms with van der Waals surface area (Å²) in [4.78, 5) is 22.3. The molecule has 20 heavy (non-hydrogen) atoms. The normalized spacial score (nSPS) is 11.3. The van der Waals surface area contributed by atoms with Gasteiger partial charge in [0.25, 0.3) is 5.78 Å². The molecule has 1 aromatic carbocycles. The molecule has 0 aliphatic rings. The lowest BCUT2D eigenvalue weighted by Gasteiger charge is -2.13. The molecule has 108 valence electrons. The number of ether oxygens (including phenoxy) is 2. The summed E-state index contributed by atoms with van der Waals surface area (Å²) in [5, 5.41) is 9.84. The zero-order chi connectivity index (χ0) is 15.3. The SMILES string of the molecule is COC(=O)C(=O)/C=C(\O)c1cc(F)ccc1OC(C)C. The van der Waals surface area contributed by atoms with Crippen LogP contribution in [0, 0.1) is 5.82 Å². The highest BCUT2D eigenvalue weighted by atomic mass is 19.1. The highest BCUT2D eigenvalue weighted by molar-refractivity contribution is 6.39. The predicted octanol–water partition coefficient (Wildman–Crippen LogP) is 2.25. The molecule has 0 unspecified atom stereocenters. The number of benzene rings is 1. The third kappa shape index (κ3) is 4.08. The van der Waals surface area contributed by atoms with Crippen molar-refractivity contribution in [1.29, 1.82) is 0 Å². The van der Waals surface area contributed by atoms with Crippen molar-refractivity contribution in [2.24, 2.45) is 0 Å². The average Bonchev–Trinajstić information content (AvgIpc) is 2.39. The van der Waals surface area contributed by atoms with Gasteiger partial charge in [-0.15, -0.1) is 0 Å². The van der Waals surface area contributed by atoms with Crippen LogP contribution in [-0.4, -0.2) is 30.1 Å². The van der Waals surface area contributed by atoms with Gasteiger partial charge < -0.3 is 14.6 Å². The highest BCUT2D eigenvalue weighted by Crippen LogP contribution is 2.26. The molecule has 0 aromatic heterocycles. The Bertz CT molecular complexity index is 548. The van der Waals surface area contributed by atoms with Gasteiger partial charge in [-0.25, -0.2) is 9.18 Å². The lowest BCUT2D eigenvalue weighted by atomic mass is 10.1. The number of aliphatic hydroxyl groups is 1. The van der Waals surface area contributed by atoms with Crippen molar-refractivity contribution in [3.63, 3.8) is 0 Å². The van der Waals surface area contributed by atoms with Crippen molar-refractivity contribution in [2.45, 2.75) is 20.0 Å². The predicted molar refractivity (Wildman–Crippen MR) is 69.8 cm³/mol. The van der Waals surface area contributed by atoms with Crippen LogP contribution in [0.3, 0.4) is 0 Å². The minimum Gasteiger partial charge on any atom is -0.507 e. The average molecular weight is 282 g/mol. The third-order valence-electron chi connectivity index (χ3n) is 2.23. The molecule has 0 bridgehead atoms. The van der Waals surface area contributed by atoms with Crippen LogP contribution < -0.4 is 4.74 Å². The van der Waals surface area contributed by atoms with Crippen LogP contribution >= 0.6 is 0 Å². The minimum atomic E-state index is -1.13. The van der Waals surface area contributed by atoms with Gasteiger partial charge >= 0.3 is 5.97 Å². The molecule has 0 spiro atoms. The molecule has 0 radical (unpaired) electrons. The zero-order valence-electron chi connectivity index (χ0n) is 11.3. The number of aliphatic hydroxyl groups excluding tert-OH is 1. The van der Waals surface area contributed by atoms with Crippen LogP contribution in [0.2, 0.25) is 0 Å². The largest absolute Gasteiger partial charge is 0.507 e. The first-order chi connectivity index (χ1) is 9.35. The molecular weight excluding hydrogens is 267 g/mol.